The van der Waals surface area contributed by atoms with Gasteiger partial charge in [0.15, 0.2) is 0 Å². The van der Waals surface area contributed by atoms with E-state index in [2.05, 4.69) is 0 Å². The van der Waals surface area contributed by atoms with Gasteiger partial charge in [0.25, 0.3) is 0 Å². The maximum absolute atomic E-state index is 12.1. The first-order chi connectivity index (χ1) is 6.04. The third-order valence-corrected chi connectivity index (χ3v) is 1.86. The molecule has 13 heavy (non-hydrogen) atoms. The molecule has 67 valence electrons. The van der Waals surface area contributed by atoms with Crippen LogP contribution in [0.25, 0.3) is 6.08 Å². The summed E-state index contributed by atoms with van der Waals surface area (Å²) >= 11 is 1.82. The molecule has 0 aliphatic rings. The van der Waals surface area contributed by atoms with Gasteiger partial charge in [-0.25, -0.2) is 0 Å². The second kappa shape index (κ2) is 4.00. The molecule has 1 aromatic carbocycles. The number of benzene rings is 1. The zero-order valence-electron chi connectivity index (χ0n) is 6.60. The van der Waals surface area contributed by atoms with Gasteiger partial charge in [-0.3, -0.25) is 0 Å². The van der Waals surface area contributed by atoms with Gasteiger partial charge in [0, 0.05) is 0 Å². The molecule has 0 N–H and O–H groups in total. The van der Waals surface area contributed by atoms with Crippen LogP contribution in [-0.2, 0) is 6.18 Å². The van der Waals surface area contributed by atoms with E-state index >= 15 is 0 Å². The molecule has 4 heteroatoms. The zero-order chi connectivity index (χ0) is 9.90. The van der Waals surface area contributed by atoms with E-state index in [1.807, 2.05) is 16.5 Å². The fourth-order valence-corrected chi connectivity index (χ4v) is 1.28. The molecular weight excluding hydrogens is 238 g/mol. The Morgan fingerprint density at radius 1 is 1.08 bits per heavy atom. The number of halogens is 3. The van der Waals surface area contributed by atoms with Crippen molar-refractivity contribution in [2.75, 3.05) is 0 Å². The third kappa shape index (κ3) is 2.91. The Morgan fingerprint density at radius 2 is 1.62 bits per heavy atom. The van der Waals surface area contributed by atoms with Gasteiger partial charge in [-0.15, -0.1) is 0 Å². The van der Waals surface area contributed by atoms with Crippen molar-refractivity contribution in [3.05, 3.63) is 40.3 Å². The number of alkyl halides is 3. The van der Waals surface area contributed by atoms with Crippen molar-refractivity contribution < 1.29 is 13.2 Å². The summed E-state index contributed by atoms with van der Waals surface area (Å²) in [7, 11) is 0. The van der Waals surface area contributed by atoms with Crippen molar-refractivity contribution in [3.63, 3.8) is 0 Å². The van der Waals surface area contributed by atoms with E-state index in [4.69, 9.17) is 0 Å². The molecule has 1 rings (SSSR count). The Bertz CT molecular complexity index is 298. The van der Waals surface area contributed by atoms with E-state index in [9.17, 15) is 13.2 Å². The first-order valence-electron chi connectivity index (χ1n) is 3.55. The van der Waals surface area contributed by atoms with Gasteiger partial charge in [-0.05, 0) is 0 Å². The van der Waals surface area contributed by atoms with E-state index in [-0.39, 0.29) is 0 Å². The summed E-state index contributed by atoms with van der Waals surface area (Å²) in [5.74, 6) is 0. The Balaban J connectivity index is 2.94. The zero-order valence-corrected chi connectivity index (χ0v) is 8.70. The first-order valence-corrected chi connectivity index (χ1v) is 4.76. The van der Waals surface area contributed by atoms with Crippen LogP contribution in [0.4, 0.5) is 13.2 Å². The van der Waals surface area contributed by atoms with Crippen molar-refractivity contribution in [2.45, 2.75) is 6.18 Å². The van der Waals surface area contributed by atoms with Gasteiger partial charge in [0.05, 0.1) is 0 Å². The summed E-state index contributed by atoms with van der Waals surface area (Å²) in [5, 5.41) is 0. The third-order valence-electron chi connectivity index (χ3n) is 1.51. The van der Waals surface area contributed by atoms with E-state index in [0.29, 0.717) is 0 Å². The molecule has 0 saturated carbocycles. The van der Waals surface area contributed by atoms with E-state index in [1.165, 1.54) is 12.1 Å². The summed E-state index contributed by atoms with van der Waals surface area (Å²) in [6.45, 7) is 0. The summed E-state index contributed by atoms with van der Waals surface area (Å²) in [4.78, 5) is 1.78. The normalized spacial score (nSPS) is 12.3. The second-order valence-electron chi connectivity index (χ2n) is 2.45. The second-order valence-corrected chi connectivity index (χ2v) is 3.15. The molecule has 0 aliphatic carbocycles. The summed E-state index contributed by atoms with van der Waals surface area (Å²) in [6, 6.07) is 5.05. The molecule has 0 bridgehead atoms. The van der Waals surface area contributed by atoms with E-state index in [1.54, 1.807) is 11.0 Å². The van der Waals surface area contributed by atoms with Crippen molar-refractivity contribution in [1.29, 1.82) is 0 Å². The van der Waals surface area contributed by atoms with E-state index in [0.717, 1.165) is 17.7 Å². The van der Waals surface area contributed by atoms with Crippen LogP contribution in [0, 0.1) is 0 Å². The molecule has 0 spiro atoms. The van der Waals surface area contributed by atoms with Gasteiger partial charge in [-0.1, -0.05) is 0 Å². The van der Waals surface area contributed by atoms with Crippen molar-refractivity contribution in [2.24, 2.45) is 0 Å². The monoisotopic (exact) mass is 245 g/mol. The number of hydrogen-bond acceptors (Lipinski definition) is 0. The Labute approximate surface area is 82.7 Å². The molecule has 0 atom stereocenters. The summed E-state index contributed by atoms with van der Waals surface area (Å²) in [5.41, 5.74) is 0.163. The van der Waals surface area contributed by atoms with Crippen molar-refractivity contribution >= 4 is 22.6 Å². The van der Waals surface area contributed by atoms with Crippen LogP contribution in [0.3, 0.4) is 0 Å². The molecule has 0 heterocycles. The topological polar surface area (TPSA) is 0 Å². The average molecular weight is 244 g/mol. The quantitative estimate of drug-likeness (QED) is 0.666. The fourth-order valence-electron chi connectivity index (χ4n) is 0.879. The van der Waals surface area contributed by atoms with Crippen LogP contribution in [0.5, 0.6) is 0 Å². The van der Waals surface area contributed by atoms with Gasteiger partial charge < -0.3 is 0 Å². The van der Waals surface area contributed by atoms with Gasteiger partial charge in [0.2, 0.25) is 0 Å². The Hall–Kier alpha value is -0.707. The fraction of sp³-hybridized carbons (Fsp3) is 0.111. The molecule has 0 saturated heterocycles. The molecule has 0 aromatic heterocycles. The molecule has 0 nitrogen and oxygen atoms in total. The molecule has 1 aromatic rings. The minimum absolute atomic E-state index is 0.610. The molecular formula is C9H6F3Ge. The van der Waals surface area contributed by atoms with Crippen LogP contribution in [-0.4, -0.2) is 16.5 Å². The van der Waals surface area contributed by atoms with Gasteiger partial charge in [-0.2, -0.15) is 0 Å². The maximum atomic E-state index is 12.1. The molecule has 0 amide bonds. The predicted octanol–water partition coefficient (Wildman–Crippen LogP) is 2.84. The number of hydrogen-bond donors (Lipinski definition) is 0. The van der Waals surface area contributed by atoms with Crippen LogP contribution in [0.1, 0.15) is 11.1 Å². The van der Waals surface area contributed by atoms with Crippen molar-refractivity contribution in [3.8, 4) is 0 Å². The average Bonchev–Trinajstić information content (AvgIpc) is 2.04. The molecule has 3 radical (unpaired) electrons. The molecule has 0 unspecified atom stereocenters. The van der Waals surface area contributed by atoms with Crippen LogP contribution in [0.15, 0.2) is 29.2 Å². The summed E-state index contributed by atoms with van der Waals surface area (Å²) in [6.07, 6.45) is -2.49. The standard InChI is InChI=1S/C9H6F3Ge/c10-9(11,12)8-3-1-7(2-4-8)5-6-13/h1-6H/b6-5-. The number of rotatable bonds is 1. The van der Waals surface area contributed by atoms with Crippen LogP contribution in [0.2, 0.25) is 0 Å². The molecule has 0 fully saturated rings. The molecule has 0 aliphatic heterocycles. The predicted molar refractivity (Wildman–Crippen MR) is 46.2 cm³/mol. The van der Waals surface area contributed by atoms with Crippen LogP contribution >= 0.6 is 0 Å². The van der Waals surface area contributed by atoms with Gasteiger partial charge in [0.1, 0.15) is 0 Å². The van der Waals surface area contributed by atoms with Gasteiger partial charge >= 0.3 is 82.2 Å². The van der Waals surface area contributed by atoms with Crippen molar-refractivity contribution in [1.82, 2.24) is 0 Å². The first kappa shape index (κ1) is 10.4. The Kier molecular flexibility index (Phi) is 3.19. The van der Waals surface area contributed by atoms with E-state index < -0.39 is 11.7 Å². The summed E-state index contributed by atoms with van der Waals surface area (Å²) < 4.78 is 36.3. The SMILES string of the molecule is FC(F)(F)c1ccc(/C=[CH]\[Ge])cc1. The minimum atomic E-state index is -4.24. The van der Waals surface area contributed by atoms with Crippen LogP contribution < -0.4 is 0 Å². The Morgan fingerprint density at radius 3 is 2.00 bits per heavy atom.